The monoisotopic (exact) mass is 471 g/mol. The predicted octanol–water partition coefficient (Wildman–Crippen LogP) is 7.76. The highest BCUT2D eigenvalue weighted by Crippen LogP contribution is 2.70. The van der Waals surface area contributed by atoms with E-state index in [4.69, 9.17) is 4.74 Å². The molecule has 0 heterocycles. The Labute approximate surface area is 205 Å². The molecule has 0 saturated heterocycles. The normalized spacial score (nSPS) is 35.1. The smallest absolute Gasteiger partial charge is 0.170 e. The summed E-state index contributed by atoms with van der Waals surface area (Å²) in [6.07, 6.45) is 6.68. The van der Waals surface area contributed by atoms with E-state index in [1.54, 1.807) is 6.07 Å². The van der Waals surface area contributed by atoms with Crippen LogP contribution in [-0.4, -0.2) is 5.60 Å². The minimum atomic E-state index is -0.304. The fraction of sp³-hybridized carbons (Fsp3) is 0.419. The fourth-order valence-electron chi connectivity index (χ4n) is 8.44. The van der Waals surface area contributed by atoms with Crippen LogP contribution < -0.4 is 4.74 Å². The van der Waals surface area contributed by atoms with Crippen LogP contribution in [0.5, 0.6) is 5.75 Å². The highest BCUT2D eigenvalue weighted by molar-refractivity contribution is 7.97. The zero-order valence-electron chi connectivity index (χ0n) is 19.7. The van der Waals surface area contributed by atoms with Gasteiger partial charge in [0.05, 0.1) is 10.9 Å². The third kappa shape index (κ3) is 3.19. The van der Waals surface area contributed by atoms with Crippen LogP contribution >= 0.6 is 0 Å². The Morgan fingerprint density at radius 3 is 2.09 bits per heavy atom. The molecule has 3 aromatic rings. The highest BCUT2D eigenvalue weighted by atomic mass is 32.2. The standard InChI is InChI=1S/C31H32FOS/c1-31(19-22-17-26(31)30-21-13-12-20(16-21)29(22)30)33-28-18-25(14-15-27(28)32)34(23-8-4-2-5-9-23)24-10-6-3-7-11-24/h2-11,14-15,18,20-22,26,29-30H,12-13,16-17,19H2,1H3/q+1. The molecule has 0 radical (unpaired) electrons. The first-order valence-corrected chi connectivity index (χ1v) is 14.2. The van der Waals surface area contributed by atoms with Crippen molar-refractivity contribution in [3.05, 3.63) is 84.7 Å². The second-order valence-corrected chi connectivity index (χ2v) is 13.3. The molecule has 34 heavy (non-hydrogen) atoms. The summed E-state index contributed by atoms with van der Waals surface area (Å²) in [5, 5.41) is 0. The van der Waals surface area contributed by atoms with Crippen LogP contribution in [0.3, 0.4) is 0 Å². The van der Waals surface area contributed by atoms with E-state index < -0.39 is 0 Å². The van der Waals surface area contributed by atoms with Crippen molar-refractivity contribution >= 4 is 10.9 Å². The molecule has 0 spiro atoms. The number of hydrogen-bond acceptors (Lipinski definition) is 1. The van der Waals surface area contributed by atoms with Crippen molar-refractivity contribution in [1.29, 1.82) is 0 Å². The Morgan fingerprint density at radius 2 is 1.41 bits per heavy atom. The maximum absolute atomic E-state index is 15.2. The van der Waals surface area contributed by atoms with Gasteiger partial charge < -0.3 is 4.74 Å². The molecule has 1 nitrogen and oxygen atoms in total. The van der Waals surface area contributed by atoms with E-state index in [9.17, 15) is 0 Å². The second-order valence-electron chi connectivity index (χ2n) is 11.2. The SMILES string of the molecule is CC1(Oc2cc([S+](c3ccccc3)c3ccccc3)ccc2F)CC2CC1C1C3CCC(C3)C21. The lowest BCUT2D eigenvalue weighted by Gasteiger charge is -2.44. The van der Waals surface area contributed by atoms with E-state index in [0.29, 0.717) is 11.7 Å². The maximum atomic E-state index is 15.2. The van der Waals surface area contributed by atoms with Crippen molar-refractivity contribution in [3.8, 4) is 5.75 Å². The topological polar surface area (TPSA) is 9.23 Å². The molecule has 0 N–H and O–H groups in total. The van der Waals surface area contributed by atoms with E-state index in [1.807, 2.05) is 24.3 Å². The summed E-state index contributed by atoms with van der Waals surface area (Å²) in [4.78, 5) is 3.59. The Kier molecular flexibility index (Phi) is 4.88. The van der Waals surface area contributed by atoms with Gasteiger partial charge in [-0.3, -0.25) is 0 Å². The molecule has 0 aromatic heterocycles. The summed E-state index contributed by atoms with van der Waals surface area (Å²) in [6, 6.07) is 26.7. The second kappa shape index (κ2) is 7.88. The molecule has 4 saturated carbocycles. The van der Waals surface area contributed by atoms with Crippen molar-refractivity contribution in [1.82, 2.24) is 0 Å². The molecule has 0 aliphatic heterocycles. The number of fused-ring (bicyclic) bond motifs is 9. The number of ether oxygens (including phenoxy) is 1. The van der Waals surface area contributed by atoms with Gasteiger partial charge in [0, 0.05) is 12.0 Å². The van der Waals surface area contributed by atoms with Crippen LogP contribution in [0.25, 0.3) is 0 Å². The van der Waals surface area contributed by atoms with Crippen molar-refractivity contribution in [2.45, 2.75) is 59.3 Å². The quantitative estimate of drug-likeness (QED) is 0.273. The van der Waals surface area contributed by atoms with Gasteiger partial charge in [-0.15, -0.1) is 0 Å². The molecule has 4 aliphatic carbocycles. The number of halogens is 1. The summed E-state index contributed by atoms with van der Waals surface area (Å²) in [7, 11) is -0.304. The number of hydrogen-bond donors (Lipinski definition) is 0. The molecule has 0 amide bonds. The molecule has 3 heteroatoms. The highest BCUT2D eigenvalue weighted by Gasteiger charge is 2.66. The van der Waals surface area contributed by atoms with Crippen molar-refractivity contribution in [3.63, 3.8) is 0 Å². The van der Waals surface area contributed by atoms with Gasteiger partial charge in [0.25, 0.3) is 0 Å². The van der Waals surface area contributed by atoms with Gasteiger partial charge in [0.2, 0.25) is 0 Å². The van der Waals surface area contributed by atoms with Crippen molar-refractivity contribution in [2.75, 3.05) is 0 Å². The minimum absolute atomic E-state index is 0.234. The molecular weight excluding hydrogens is 439 g/mol. The van der Waals surface area contributed by atoms with Gasteiger partial charge in [0.15, 0.2) is 26.3 Å². The first kappa shape index (κ1) is 21.1. The molecule has 7 unspecified atom stereocenters. The lowest BCUT2D eigenvalue weighted by molar-refractivity contribution is -0.0326. The zero-order chi connectivity index (χ0) is 22.9. The third-order valence-corrected chi connectivity index (χ3v) is 11.7. The average molecular weight is 472 g/mol. The van der Waals surface area contributed by atoms with Crippen molar-refractivity contribution < 1.29 is 9.13 Å². The van der Waals surface area contributed by atoms with Gasteiger partial charge in [-0.25, -0.2) is 4.39 Å². The van der Waals surface area contributed by atoms with E-state index >= 15 is 4.39 Å². The first-order valence-electron chi connectivity index (χ1n) is 12.9. The average Bonchev–Trinajstić information content (AvgIpc) is 3.62. The zero-order valence-corrected chi connectivity index (χ0v) is 20.5. The maximum Gasteiger partial charge on any atom is 0.170 e. The summed E-state index contributed by atoms with van der Waals surface area (Å²) >= 11 is 0. The minimum Gasteiger partial charge on any atom is -0.484 e. The summed E-state index contributed by atoms with van der Waals surface area (Å²) in [5.74, 6) is 5.18. The van der Waals surface area contributed by atoms with E-state index in [-0.39, 0.29) is 22.3 Å². The molecule has 4 aliphatic rings. The molecule has 3 aromatic carbocycles. The largest absolute Gasteiger partial charge is 0.484 e. The van der Waals surface area contributed by atoms with Crippen LogP contribution in [-0.2, 0) is 10.9 Å². The van der Waals surface area contributed by atoms with E-state index in [2.05, 4.69) is 55.5 Å². The Hall–Kier alpha value is -2.26. The van der Waals surface area contributed by atoms with Crippen LogP contribution in [0.4, 0.5) is 4.39 Å². The molecule has 174 valence electrons. The summed E-state index contributed by atoms with van der Waals surface area (Å²) in [6.45, 7) is 2.28. The summed E-state index contributed by atoms with van der Waals surface area (Å²) in [5.41, 5.74) is -0.242. The first-order chi connectivity index (χ1) is 16.6. The van der Waals surface area contributed by atoms with Gasteiger partial charge in [0.1, 0.15) is 5.60 Å². The molecule has 4 fully saturated rings. The van der Waals surface area contributed by atoms with Crippen LogP contribution in [0.1, 0.15) is 39.0 Å². The fourth-order valence-corrected chi connectivity index (χ4v) is 10.5. The van der Waals surface area contributed by atoms with E-state index in [0.717, 1.165) is 40.9 Å². The third-order valence-electron chi connectivity index (χ3n) is 9.50. The number of benzene rings is 3. The van der Waals surface area contributed by atoms with Gasteiger partial charge in [-0.2, -0.15) is 0 Å². The lowest BCUT2D eigenvalue weighted by Crippen LogP contribution is -2.46. The van der Waals surface area contributed by atoms with Crippen molar-refractivity contribution in [2.24, 2.45) is 35.5 Å². The van der Waals surface area contributed by atoms with Gasteiger partial charge in [-0.05, 0) is 105 Å². The van der Waals surface area contributed by atoms with Crippen LogP contribution in [0.2, 0.25) is 0 Å². The predicted molar refractivity (Wildman–Crippen MR) is 135 cm³/mol. The Morgan fingerprint density at radius 1 is 0.765 bits per heavy atom. The molecular formula is C31H32FOS+. The Balaban J connectivity index is 1.23. The van der Waals surface area contributed by atoms with Gasteiger partial charge >= 0.3 is 0 Å². The number of rotatable bonds is 5. The van der Waals surface area contributed by atoms with E-state index in [1.165, 1.54) is 35.5 Å². The summed E-state index contributed by atoms with van der Waals surface area (Å²) < 4.78 is 21.9. The molecule has 4 bridgehead atoms. The molecule has 7 rings (SSSR count). The Bertz CT molecular complexity index is 1160. The van der Waals surface area contributed by atoms with Crippen LogP contribution in [0, 0.1) is 41.3 Å². The lowest BCUT2D eigenvalue weighted by atomic mass is 9.66. The van der Waals surface area contributed by atoms with Gasteiger partial charge in [-0.1, -0.05) is 36.4 Å². The molecule has 7 atom stereocenters. The van der Waals surface area contributed by atoms with Crippen LogP contribution in [0.15, 0.2) is 93.5 Å².